The molecule has 0 aliphatic heterocycles. The normalized spacial score (nSPS) is 12.9. The molecule has 0 saturated carbocycles. The molecule has 0 fully saturated rings. The highest BCUT2D eigenvalue weighted by Gasteiger charge is 2.18. The van der Waals surface area contributed by atoms with Gasteiger partial charge in [0.1, 0.15) is 0 Å². The molecule has 2 unspecified atom stereocenters. The van der Waals surface area contributed by atoms with Crippen molar-refractivity contribution in [2.45, 2.75) is 32.1 Å². The minimum absolute atomic E-state index is 0.106. The van der Waals surface area contributed by atoms with E-state index in [2.05, 4.69) is 10.6 Å². The molecule has 2 rings (SSSR count). The molecule has 0 saturated heterocycles. The van der Waals surface area contributed by atoms with Crippen molar-refractivity contribution in [3.63, 3.8) is 0 Å². The van der Waals surface area contributed by atoms with Gasteiger partial charge in [-0.2, -0.15) is 0 Å². The van der Waals surface area contributed by atoms with Gasteiger partial charge < -0.3 is 10.6 Å². The maximum absolute atomic E-state index is 12.3. The lowest BCUT2D eigenvalue weighted by Gasteiger charge is -2.18. The number of carbonyl (C=O) groups is 2. The molecule has 0 spiro atoms. The zero-order valence-corrected chi connectivity index (χ0v) is 16.7. The van der Waals surface area contributed by atoms with E-state index in [1.165, 1.54) is 11.8 Å². The van der Waals surface area contributed by atoms with E-state index < -0.39 is 0 Å². The minimum Gasteiger partial charge on any atom is -0.349 e. The van der Waals surface area contributed by atoms with Gasteiger partial charge in [0.05, 0.1) is 17.0 Å². The van der Waals surface area contributed by atoms with Crippen LogP contribution in [0.5, 0.6) is 0 Å². The van der Waals surface area contributed by atoms with Crippen molar-refractivity contribution >= 4 is 40.9 Å². The van der Waals surface area contributed by atoms with Gasteiger partial charge in [0.15, 0.2) is 0 Å². The van der Waals surface area contributed by atoms with Gasteiger partial charge in [-0.1, -0.05) is 41.4 Å². The second-order valence-electron chi connectivity index (χ2n) is 6.15. The SMILES string of the molecule is Cc1ccc(NC(=O)CSC(C)C(=O)NC(C)c2cccc(Cl)c2)cc1. The number of benzene rings is 2. The van der Waals surface area contributed by atoms with Crippen LogP contribution in [0.4, 0.5) is 5.69 Å². The molecule has 0 radical (unpaired) electrons. The molecule has 2 atom stereocenters. The molecule has 4 nitrogen and oxygen atoms in total. The van der Waals surface area contributed by atoms with Crippen LogP contribution in [0.25, 0.3) is 0 Å². The lowest BCUT2D eigenvalue weighted by atomic mass is 10.1. The molecule has 138 valence electrons. The Labute approximate surface area is 163 Å². The first kappa shape index (κ1) is 20.3. The number of thioether (sulfide) groups is 1. The van der Waals surface area contributed by atoms with Gasteiger partial charge in [0, 0.05) is 10.7 Å². The molecule has 2 N–H and O–H groups in total. The Kier molecular flexibility index (Phi) is 7.54. The van der Waals surface area contributed by atoms with Crippen LogP contribution < -0.4 is 10.6 Å². The molecule has 6 heteroatoms. The monoisotopic (exact) mass is 390 g/mol. The number of anilines is 1. The molecule has 2 amide bonds. The summed E-state index contributed by atoms with van der Waals surface area (Å²) in [5.41, 5.74) is 2.84. The first-order chi connectivity index (χ1) is 12.3. The van der Waals surface area contributed by atoms with Gasteiger partial charge in [-0.3, -0.25) is 9.59 Å². The van der Waals surface area contributed by atoms with Crippen LogP contribution in [-0.4, -0.2) is 22.8 Å². The Bertz CT molecular complexity index is 765. The van der Waals surface area contributed by atoms with Crippen molar-refractivity contribution < 1.29 is 9.59 Å². The Morgan fingerprint density at radius 3 is 2.46 bits per heavy atom. The lowest BCUT2D eigenvalue weighted by Crippen LogP contribution is -2.33. The minimum atomic E-state index is -0.333. The van der Waals surface area contributed by atoms with Crippen LogP contribution in [0.2, 0.25) is 5.02 Å². The largest absolute Gasteiger partial charge is 0.349 e. The summed E-state index contributed by atoms with van der Waals surface area (Å²) in [5, 5.41) is 6.09. The van der Waals surface area contributed by atoms with E-state index in [1.54, 1.807) is 13.0 Å². The van der Waals surface area contributed by atoms with Crippen LogP contribution in [0.1, 0.15) is 31.0 Å². The van der Waals surface area contributed by atoms with Gasteiger partial charge in [-0.05, 0) is 50.6 Å². The van der Waals surface area contributed by atoms with Gasteiger partial charge in [-0.15, -0.1) is 11.8 Å². The highest BCUT2D eigenvalue weighted by Crippen LogP contribution is 2.19. The van der Waals surface area contributed by atoms with Crippen molar-refractivity contribution in [3.8, 4) is 0 Å². The second kappa shape index (κ2) is 9.64. The number of carbonyl (C=O) groups excluding carboxylic acids is 2. The lowest BCUT2D eigenvalue weighted by molar-refractivity contribution is -0.120. The smallest absolute Gasteiger partial charge is 0.234 e. The Hall–Kier alpha value is -1.98. The quantitative estimate of drug-likeness (QED) is 0.727. The number of aryl methyl sites for hydroxylation is 1. The molecule has 0 aromatic heterocycles. The molecule has 0 bridgehead atoms. The fraction of sp³-hybridized carbons (Fsp3) is 0.300. The fourth-order valence-corrected chi connectivity index (χ4v) is 3.19. The van der Waals surface area contributed by atoms with Gasteiger partial charge in [0.2, 0.25) is 11.8 Å². The summed E-state index contributed by atoms with van der Waals surface area (Å²) in [6, 6.07) is 14.9. The Morgan fingerprint density at radius 2 is 1.81 bits per heavy atom. The zero-order chi connectivity index (χ0) is 19.1. The van der Waals surface area contributed by atoms with E-state index >= 15 is 0 Å². The number of nitrogens with one attached hydrogen (secondary N) is 2. The van der Waals surface area contributed by atoms with Crippen molar-refractivity contribution in [1.82, 2.24) is 5.32 Å². The summed E-state index contributed by atoms with van der Waals surface area (Å²) in [7, 11) is 0. The molecule has 0 aliphatic rings. The Morgan fingerprint density at radius 1 is 1.12 bits per heavy atom. The molecule has 2 aromatic carbocycles. The van der Waals surface area contributed by atoms with Crippen LogP contribution in [0, 0.1) is 6.92 Å². The third-order valence-electron chi connectivity index (χ3n) is 3.88. The van der Waals surface area contributed by atoms with E-state index in [0.717, 1.165) is 16.8 Å². The highest BCUT2D eigenvalue weighted by molar-refractivity contribution is 8.01. The number of halogens is 1. The highest BCUT2D eigenvalue weighted by atomic mass is 35.5. The first-order valence-corrected chi connectivity index (χ1v) is 9.82. The molecule has 0 aliphatic carbocycles. The van der Waals surface area contributed by atoms with Gasteiger partial charge in [0.25, 0.3) is 0 Å². The standard InChI is InChI=1S/C20H23ClN2O2S/c1-13-7-9-18(10-8-13)23-19(24)12-26-15(3)20(25)22-14(2)16-5-4-6-17(21)11-16/h4-11,14-15H,12H2,1-3H3,(H,22,25)(H,23,24). The Balaban J connectivity index is 1.79. The molecular formula is C20H23ClN2O2S. The van der Waals surface area contributed by atoms with Crippen molar-refractivity contribution in [1.29, 1.82) is 0 Å². The summed E-state index contributed by atoms with van der Waals surface area (Å²) < 4.78 is 0. The molecule has 0 heterocycles. The molecular weight excluding hydrogens is 368 g/mol. The van der Waals surface area contributed by atoms with E-state index in [9.17, 15) is 9.59 Å². The average Bonchev–Trinajstić information content (AvgIpc) is 2.61. The summed E-state index contributed by atoms with van der Waals surface area (Å²) in [6.07, 6.45) is 0. The van der Waals surface area contributed by atoms with E-state index in [-0.39, 0.29) is 28.9 Å². The summed E-state index contributed by atoms with van der Waals surface area (Å²) in [5.74, 6) is -0.0133. The summed E-state index contributed by atoms with van der Waals surface area (Å²) >= 11 is 7.29. The number of amides is 2. The van der Waals surface area contributed by atoms with Crippen LogP contribution in [0.15, 0.2) is 48.5 Å². The van der Waals surface area contributed by atoms with E-state index in [0.29, 0.717) is 5.02 Å². The predicted octanol–water partition coefficient (Wildman–Crippen LogP) is 4.59. The zero-order valence-electron chi connectivity index (χ0n) is 15.1. The third-order valence-corrected chi connectivity index (χ3v) is 5.25. The van der Waals surface area contributed by atoms with Gasteiger partial charge in [-0.25, -0.2) is 0 Å². The van der Waals surface area contributed by atoms with Gasteiger partial charge >= 0.3 is 0 Å². The van der Waals surface area contributed by atoms with Crippen molar-refractivity contribution in [2.24, 2.45) is 0 Å². The van der Waals surface area contributed by atoms with Crippen molar-refractivity contribution in [2.75, 3.05) is 11.1 Å². The van der Waals surface area contributed by atoms with E-state index in [4.69, 9.17) is 11.6 Å². The van der Waals surface area contributed by atoms with Crippen molar-refractivity contribution in [3.05, 3.63) is 64.7 Å². The maximum atomic E-state index is 12.3. The topological polar surface area (TPSA) is 58.2 Å². The number of hydrogen-bond donors (Lipinski definition) is 2. The predicted molar refractivity (Wildman–Crippen MR) is 110 cm³/mol. The first-order valence-electron chi connectivity index (χ1n) is 8.39. The maximum Gasteiger partial charge on any atom is 0.234 e. The molecule has 2 aromatic rings. The second-order valence-corrected chi connectivity index (χ2v) is 7.92. The summed E-state index contributed by atoms with van der Waals surface area (Å²) in [6.45, 7) is 5.70. The number of hydrogen-bond acceptors (Lipinski definition) is 3. The average molecular weight is 391 g/mol. The van der Waals surface area contributed by atoms with Crippen LogP contribution in [0.3, 0.4) is 0 Å². The number of rotatable bonds is 7. The third kappa shape index (κ3) is 6.39. The summed E-state index contributed by atoms with van der Waals surface area (Å²) in [4.78, 5) is 24.4. The van der Waals surface area contributed by atoms with Crippen LogP contribution in [-0.2, 0) is 9.59 Å². The van der Waals surface area contributed by atoms with Crippen LogP contribution >= 0.6 is 23.4 Å². The van der Waals surface area contributed by atoms with E-state index in [1.807, 2.05) is 56.3 Å². The fourth-order valence-electron chi connectivity index (χ4n) is 2.30. The molecule has 26 heavy (non-hydrogen) atoms.